The van der Waals surface area contributed by atoms with Crippen LogP contribution in [0.1, 0.15) is 38.5 Å². The highest BCUT2D eigenvalue weighted by Crippen LogP contribution is 2.20. The molecular formula is C14H24N2O3. The average Bonchev–Trinajstić information content (AvgIpc) is 2.76. The Morgan fingerprint density at radius 2 is 2.11 bits per heavy atom. The summed E-state index contributed by atoms with van der Waals surface area (Å²) in [5, 5.41) is 2.86. The Bertz CT molecular complexity index is 327. The highest BCUT2D eigenvalue weighted by atomic mass is 16.5. The van der Waals surface area contributed by atoms with Gasteiger partial charge in [0.05, 0.1) is 18.6 Å². The second-order valence-corrected chi connectivity index (χ2v) is 5.60. The number of ether oxygens (including phenoxy) is 1. The number of hydrogen-bond donors (Lipinski definition) is 1. The van der Waals surface area contributed by atoms with E-state index in [0.29, 0.717) is 32.2 Å². The van der Waals surface area contributed by atoms with Gasteiger partial charge in [-0.05, 0) is 12.8 Å². The molecule has 2 aliphatic rings. The molecule has 1 aliphatic carbocycles. The number of likely N-dealkylation sites (tertiary alicyclic amines) is 1. The molecule has 1 aliphatic heterocycles. The minimum Gasteiger partial charge on any atom is -0.376 e. The molecule has 1 N–H and O–H groups in total. The van der Waals surface area contributed by atoms with Crippen LogP contribution < -0.4 is 5.32 Å². The van der Waals surface area contributed by atoms with Crippen molar-refractivity contribution in [1.82, 2.24) is 10.2 Å². The Hall–Kier alpha value is -1.10. The lowest BCUT2D eigenvalue weighted by Gasteiger charge is -2.22. The maximum absolute atomic E-state index is 11.8. The minimum absolute atomic E-state index is 0.0232. The topological polar surface area (TPSA) is 58.6 Å². The fraction of sp³-hybridized carbons (Fsp3) is 0.857. The van der Waals surface area contributed by atoms with Crippen LogP contribution >= 0.6 is 0 Å². The van der Waals surface area contributed by atoms with E-state index in [0.717, 1.165) is 12.8 Å². The molecule has 0 aromatic heterocycles. The number of hydrogen-bond acceptors (Lipinski definition) is 3. The van der Waals surface area contributed by atoms with E-state index in [4.69, 9.17) is 4.74 Å². The van der Waals surface area contributed by atoms with Crippen molar-refractivity contribution in [3.8, 4) is 0 Å². The van der Waals surface area contributed by atoms with Gasteiger partial charge in [-0.15, -0.1) is 0 Å². The zero-order valence-corrected chi connectivity index (χ0v) is 11.7. The molecule has 0 aromatic carbocycles. The average molecular weight is 268 g/mol. The summed E-state index contributed by atoms with van der Waals surface area (Å²) in [5.41, 5.74) is 0. The van der Waals surface area contributed by atoms with Crippen LogP contribution in [0.2, 0.25) is 0 Å². The Morgan fingerprint density at radius 1 is 1.37 bits per heavy atom. The first-order chi connectivity index (χ1) is 9.16. The number of rotatable bonds is 5. The Kier molecular flexibility index (Phi) is 5.19. The van der Waals surface area contributed by atoms with Crippen LogP contribution in [0.4, 0.5) is 0 Å². The molecule has 2 fully saturated rings. The van der Waals surface area contributed by atoms with Gasteiger partial charge in [0, 0.05) is 26.6 Å². The van der Waals surface area contributed by atoms with Gasteiger partial charge in [0.2, 0.25) is 11.8 Å². The standard InChI is InChI=1S/C14H24N2O3/c1-16-10-11(9-13(16)17)14(18)15-7-8-19-12-5-3-2-4-6-12/h11-12H,2-10H2,1H3,(H,15,18)/t11-/m1/s1. The number of carbonyl (C=O) groups excluding carboxylic acids is 2. The lowest BCUT2D eigenvalue weighted by atomic mass is 9.98. The maximum atomic E-state index is 11.8. The molecule has 0 radical (unpaired) electrons. The van der Waals surface area contributed by atoms with Crippen molar-refractivity contribution in [2.75, 3.05) is 26.7 Å². The van der Waals surface area contributed by atoms with Gasteiger partial charge in [-0.25, -0.2) is 0 Å². The van der Waals surface area contributed by atoms with Crippen molar-refractivity contribution in [2.45, 2.75) is 44.6 Å². The smallest absolute Gasteiger partial charge is 0.225 e. The van der Waals surface area contributed by atoms with E-state index in [9.17, 15) is 9.59 Å². The molecule has 1 atom stereocenters. The molecule has 5 nitrogen and oxygen atoms in total. The number of amides is 2. The van der Waals surface area contributed by atoms with Gasteiger partial charge in [0.15, 0.2) is 0 Å². The van der Waals surface area contributed by atoms with Crippen LogP contribution in [0, 0.1) is 5.92 Å². The quantitative estimate of drug-likeness (QED) is 0.755. The summed E-state index contributed by atoms with van der Waals surface area (Å²) >= 11 is 0. The first-order valence-corrected chi connectivity index (χ1v) is 7.30. The third-order valence-corrected chi connectivity index (χ3v) is 4.02. The fourth-order valence-corrected chi connectivity index (χ4v) is 2.82. The Morgan fingerprint density at radius 3 is 2.74 bits per heavy atom. The van der Waals surface area contributed by atoms with Crippen molar-refractivity contribution in [3.05, 3.63) is 0 Å². The van der Waals surface area contributed by atoms with E-state index in [1.807, 2.05) is 0 Å². The van der Waals surface area contributed by atoms with Gasteiger partial charge in [-0.1, -0.05) is 19.3 Å². The monoisotopic (exact) mass is 268 g/mol. The Balaban J connectivity index is 1.57. The van der Waals surface area contributed by atoms with Gasteiger partial charge in [0.1, 0.15) is 0 Å². The second-order valence-electron chi connectivity index (χ2n) is 5.60. The van der Waals surface area contributed by atoms with Crippen LogP contribution in [0.25, 0.3) is 0 Å². The predicted octanol–water partition coefficient (Wildman–Crippen LogP) is 0.930. The third-order valence-electron chi connectivity index (χ3n) is 4.02. The highest BCUT2D eigenvalue weighted by molar-refractivity contribution is 5.89. The second kappa shape index (κ2) is 6.89. The van der Waals surface area contributed by atoms with Gasteiger partial charge >= 0.3 is 0 Å². The number of nitrogens with zero attached hydrogens (tertiary/aromatic N) is 1. The van der Waals surface area contributed by atoms with Gasteiger partial charge in [-0.2, -0.15) is 0 Å². The van der Waals surface area contributed by atoms with Crippen molar-refractivity contribution in [3.63, 3.8) is 0 Å². The summed E-state index contributed by atoms with van der Waals surface area (Å²) in [6, 6.07) is 0. The molecule has 0 unspecified atom stereocenters. The van der Waals surface area contributed by atoms with Crippen molar-refractivity contribution in [1.29, 1.82) is 0 Å². The first kappa shape index (κ1) is 14.3. The number of nitrogens with one attached hydrogen (secondary N) is 1. The SMILES string of the molecule is CN1C[C@H](C(=O)NCCOC2CCCCC2)CC1=O. The first-order valence-electron chi connectivity index (χ1n) is 7.30. The Labute approximate surface area is 114 Å². The molecular weight excluding hydrogens is 244 g/mol. The summed E-state index contributed by atoms with van der Waals surface area (Å²) in [4.78, 5) is 24.8. The summed E-state index contributed by atoms with van der Waals surface area (Å²) in [6.07, 6.45) is 6.85. The van der Waals surface area contributed by atoms with Gasteiger partial charge < -0.3 is 15.0 Å². The third kappa shape index (κ3) is 4.20. The molecule has 19 heavy (non-hydrogen) atoms. The molecule has 0 aromatic rings. The normalized spacial score (nSPS) is 24.8. The summed E-state index contributed by atoms with van der Waals surface area (Å²) in [7, 11) is 1.74. The van der Waals surface area contributed by atoms with Crippen LogP contribution in [-0.4, -0.2) is 49.6 Å². The van der Waals surface area contributed by atoms with E-state index < -0.39 is 0 Å². The van der Waals surface area contributed by atoms with Crippen LogP contribution in [-0.2, 0) is 14.3 Å². The molecule has 1 saturated carbocycles. The molecule has 1 saturated heterocycles. The zero-order valence-electron chi connectivity index (χ0n) is 11.7. The fourth-order valence-electron chi connectivity index (χ4n) is 2.82. The van der Waals surface area contributed by atoms with Gasteiger partial charge in [-0.3, -0.25) is 9.59 Å². The van der Waals surface area contributed by atoms with Crippen LogP contribution in [0.15, 0.2) is 0 Å². The van der Waals surface area contributed by atoms with E-state index in [2.05, 4.69) is 5.32 Å². The molecule has 0 bridgehead atoms. The summed E-state index contributed by atoms with van der Waals surface area (Å²) in [6.45, 7) is 1.66. The van der Waals surface area contributed by atoms with Crippen molar-refractivity contribution in [2.24, 2.45) is 5.92 Å². The molecule has 1 heterocycles. The zero-order chi connectivity index (χ0) is 13.7. The van der Waals surface area contributed by atoms with E-state index >= 15 is 0 Å². The summed E-state index contributed by atoms with van der Waals surface area (Å²) < 4.78 is 5.75. The van der Waals surface area contributed by atoms with E-state index in [1.165, 1.54) is 19.3 Å². The molecule has 2 amide bonds. The largest absolute Gasteiger partial charge is 0.376 e. The van der Waals surface area contributed by atoms with Crippen LogP contribution in [0.5, 0.6) is 0 Å². The molecule has 5 heteroatoms. The maximum Gasteiger partial charge on any atom is 0.225 e. The minimum atomic E-state index is -0.188. The predicted molar refractivity (Wildman–Crippen MR) is 71.6 cm³/mol. The number of carbonyl (C=O) groups is 2. The molecule has 0 spiro atoms. The molecule has 2 rings (SSSR count). The summed E-state index contributed by atoms with van der Waals surface area (Å²) in [5.74, 6) is -0.157. The lowest BCUT2D eigenvalue weighted by Crippen LogP contribution is -2.35. The highest BCUT2D eigenvalue weighted by Gasteiger charge is 2.31. The van der Waals surface area contributed by atoms with Crippen LogP contribution in [0.3, 0.4) is 0 Å². The molecule has 108 valence electrons. The van der Waals surface area contributed by atoms with Crippen molar-refractivity contribution >= 4 is 11.8 Å². The van der Waals surface area contributed by atoms with E-state index in [1.54, 1.807) is 11.9 Å². The van der Waals surface area contributed by atoms with Gasteiger partial charge in [0.25, 0.3) is 0 Å². The lowest BCUT2D eigenvalue weighted by molar-refractivity contribution is -0.128. The van der Waals surface area contributed by atoms with Crippen molar-refractivity contribution < 1.29 is 14.3 Å². The van der Waals surface area contributed by atoms with E-state index in [-0.39, 0.29) is 17.7 Å².